The fraction of sp³-hybridized carbons (Fsp3) is 0.0769. The second-order valence-corrected chi connectivity index (χ2v) is 6.25. The molecule has 2 heterocycles. The summed E-state index contributed by atoms with van der Waals surface area (Å²) in [4.78, 5) is 19.1. The fourth-order valence-electron chi connectivity index (χ4n) is 1.69. The fourth-order valence-corrected chi connectivity index (χ4v) is 3.70. The molecule has 0 saturated heterocycles. The van der Waals surface area contributed by atoms with Crippen LogP contribution in [-0.4, -0.2) is 14.9 Å². The smallest absolute Gasteiger partial charge is 0.260 e. The number of pyridine rings is 1. The molecule has 0 spiro atoms. The molecule has 5 nitrogen and oxygen atoms in total. The van der Waals surface area contributed by atoms with E-state index in [0.717, 1.165) is 26.0 Å². The number of benzene rings is 1. The molecule has 0 amide bonds. The number of non-ortho nitro benzene ring substituents is 1. The topological polar surface area (TPSA) is 68.9 Å². The van der Waals surface area contributed by atoms with Gasteiger partial charge in [0.1, 0.15) is 0 Å². The van der Waals surface area contributed by atoms with Gasteiger partial charge in [0.05, 0.1) is 20.8 Å². The summed E-state index contributed by atoms with van der Waals surface area (Å²) in [5.74, 6) is 0.739. The molecule has 0 radical (unpaired) electrons. The van der Waals surface area contributed by atoms with Gasteiger partial charge in [0.25, 0.3) is 5.69 Å². The van der Waals surface area contributed by atoms with Crippen molar-refractivity contribution in [2.75, 3.05) is 0 Å². The Kier molecular flexibility index (Phi) is 3.62. The van der Waals surface area contributed by atoms with Gasteiger partial charge < -0.3 is 0 Å². The molecule has 0 aliphatic carbocycles. The van der Waals surface area contributed by atoms with Crippen LogP contribution in [-0.2, 0) is 5.75 Å². The van der Waals surface area contributed by atoms with E-state index < -0.39 is 0 Å². The van der Waals surface area contributed by atoms with E-state index in [1.165, 1.54) is 17.4 Å². The third-order valence-corrected chi connectivity index (χ3v) is 4.83. The molecule has 0 unspecified atom stereocenters. The van der Waals surface area contributed by atoms with Gasteiger partial charge in [-0.25, -0.2) is 4.98 Å². The summed E-state index contributed by atoms with van der Waals surface area (Å²) in [7, 11) is 0. The highest BCUT2D eigenvalue weighted by Gasteiger charge is 2.10. The molecule has 0 aliphatic heterocycles. The minimum absolute atomic E-state index is 0.0995. The zero-order valence-electron chi connectivity index (χ0n) is 10.2. The van der Waals surface area contributed by atoms with Gasteiger partial charge in [-0.15, -0.1) is 11.3 Å². The summed E-state index contributed by atoms with van der Waals surface area (Å²) < 4.78 is 1.73. The number of thiazole rings is 1. The molecule has 100 valence electrons. The molecule has 0 fully saturated rings. The van der Waals surface area contributed by atoms with Crippen molar-refractivity contribution >= 4 is 39.0 Å². The van der Waals surface area contributed by atoms with Crippen molar-refractivity contribution in [1.82, 2.24) is 9.97 Å². The first kappa shape index (κ1) is 13.0. The number of fused-ring (bicyclic) bond motifs is 1. The van der Waals surface area contributed by atoms with E-state index in [1.807, 2.05) is 18.2 Å². The number of hydrogen-bond acceptors (Lipinski definition) is 6. The van der Waals surface area contributed by atoms with Crippen LogP contribution in [0.2, 0.25) is 0 Å². The van der Waals surface area contributed by atoms with E-state index in [-0.39, 0.29) is 10.6 Å². The third kappa shape index (κ3) is 2.78. The average Bonchev–Trinajstić information content (AvgIpc) is 2.88. The lowest BCUT2D eigenvalue weighted by molar-refractivity contribution is -0.384. The lowest BCUT2D eigenvalue weighted by Gasteiger charge is -1.96. The highest BCUT2D eigenvalue weighted by atomic mass is 32.2. The van der Waals surface area contributed by atoms with Crippen molar-refractivity contribution < 1.29 is 4.92 Å². The number of thioether (sulfide) groups is 1. The molecule has 0 bridgehead atoms. The van der Waals surface area contributed by atoms with Gasteiger partial charge >= 0.3 is 0 Å². The Morgan fingerprint density at radius 3 is 2.95 bits per heavy atom. The second-order valence-electron chi connectivity index (χ2n) is 4.00. The summed E-state index contributed by atoms with van der Waals surface area (Å²) in [6.07, 6.45) is 1.76. The van der Waals surface area contributed by atoms with Gasteiger partial charge in [0.15, 0.2) is 4.34 Å². The number of nitro groups is 1. The number of aromatic nitrogens is 2. The summed E-state index contributed by atoms with van der Waals surface area (Å²) >= 11 is 3.06. The molecule has 7 heteroatoms. The molecular weight excluding hydrogens is 294 g/mol. The molecule has 1 aromatic carbocycles. The van der Waals surface area contributed by atoms with Crippen LogP contribution < -0.4 is 0 Å². The summed E-state index contributed by atoms with van der Waals surface area (Å²) in [6, 6.07) is 10.5. The van der Waals surface area contributed by atoms with Gasteiger partial charge in [-0.05, 0) is 18.2 Å². The van der Waals surface area contributed by atoms with E-state index in [4.69, 9.17) is 0 Å². The van der Waals surface area contributed by atoms with Crippen LogP contribution in [0.15, 0.2) is 46.9 Å². The van der Waals surface area contributed by atoms with Gasteiger partial charge in [0.2, 0.25) is 0 Å². The zero-order valence-corrected chi connectivity index (χ0v) is 11.9. The zero-order chi connectivity index (χ0) is 13.9. The summed E-state index contributed by atoms with van der Waals surface area (Å²) in [5.41, 5.74) is 1.88. The lowest BCUT2D eigenvalue weighted by Crippen LogP contribution is -1.85. The number of rotatable bonds is 4. The molecule has 0 aliphatic rings. The number of hydrogen-bond donors (Lipinski definition) is 0. The predicted molar refractivity (Wildman–Crippen MR) is 80.1 cm³/mol. The van der Waals surface area contributed by atoms with Crippen molar-refractivity contribution in [3.63, 3.8) is 0 Å². The molecule has 20 heavy (non-hydrogen) atoms. The van der Waals surface area contributed by atoms with Crippen LogP contribution in [0.1, 0.15) is 5.69 Å². The Bertz CT molecular complexity index is 759. The Balaban J connectivity index is 1.80. The Morgan fingerprint density at radius 2 is 2.20 bits per heavy atom. The van der Waals surface area contributed by atoms with Crippen molar-refractivity contribution in [1.29, 1.82) is 0 Å². The second kappa shape index (κ2) is 5.56. The van der Waals surface area contributed by atoms with E-state index in [0.29, 0.717) is 0 Å². The monoisotopic (exact) mass is 303 g/mol. The number of nitrogens with zero attached hydrogens (tertiary/aromatic N) is 3. The van der Waals surface area contributed by atoms with Crippen molar-refractivity contribution in [2.45, 2.75) is 10.1 Å². The van der Waals surface area contributed by atoms with Crippen molar-refractivity contribution in [2.24, 2.45) is 0 Å². The summed E-state index contributed by atoms with van der Waals surface area (Å²) in [6.45, 7) is 0. The van der Waals surface area contributed by atoms with Crippen LogP contribution in [0, 0.1) is 10.1 Å². The maximum absolute atomic E-state index is 10.7. The maximum atomic E-state index is 10.7. The van der Waals surface area contributed by atoms with Gasteiger partial charge in [0, 0.05) is 24.1 Å². The lowest BCUT2D eigenvalue weighted by atomic mass is 10.3. The highest BCUT2D eigenvalue weighted by Crippen LogP contribution is 2.32. The molecule has 3 aromatic rings. The van der Waals surface area contributed by atoms with Crippen molar-refractivity contribution in [3.8, 4) is 0 Å². The van der Waals surface area contributed by atoms with Gasteiger partial charge in [-0.1, -0.05) is 17.8 Å². The maximum Gasteiger partial charge on any atom is 0.270 e. The van der Waals surface area contributed by atoms with Gasteiger partial charge in [-0.3, -0.25) is 15.1 Å². The third-order valence-electron chi connectivity index (χ3n) is 2.63. The highest BCUT2D eigenvalue weighted by molar-refractivity contribution is 8.00. The predicted octanol–water partition coefficient (Wildman–Crippen LogP) is 3.89. The van der Waals surface area contributed by atoms with Crippen LogP contribution >= 0.6 is 23.1 Å². The Morgan fingerprint density at radius 1 is 1.30 bits per heavy atom. The molecule has 3 rings (SSSR count). The number of nitro benzene ring substituents is 1. The standard InChI is InChI=1S/C13H9N3O2S2/c17-16(18)10-4-5-11-12(7-10)20-13(15-11)19-8-9-3-1-2-6-14-9/h1-7H,8H2. The van der Waals surface area contributed by atoms with Crippen LogP contribution in [0.25, 0.3) is 10.2 Å². The Hall–Kier alpha value is -1.99. The SMILES string of the molecule is O=[N+]([O-])c1ccc2nc(SCc3ccccn3)sc2c1. The van der Waals surface area contributed by atoms with Crippen LogP contribution in [0.5, 0.6) is 0 Å². The summed E-state index contributed by atoms with van der Waals surface area (Å²) in [5, 5.41) is 10.7. The molecule has 0 atom stereocenters. The van der Waals surface area contributed by atoms with E-state index in [2.05, 4.69) is 9.97 Å². The minimum atomic E-state index is -0.389. The molecule has 0 saturated carbocycles. The van der Waals surface area contributed by atoms with E-state index in [1.54, 1.807) is 30.1 Å². The minimum Gasteiger partial charge on any atom is -0.260 e. The molecule has 2 aromatic heterocycles. The van der Waals surface area contributed by atoms with E-state index in [9.17, 15) is 10.1 Å². The first-order chi connectivity index (χ1) is 9.72. The van der Waals surface area contributed by atoms with E-state index >= 15 is 0 Å². The first-order valence-electron chi connectivity index (χ1n) is 5.80. The van der Waals surface area contributed by atoms with Crippen molar-refractivity contribution in [3.05, 3.63) is 58.4 Å². The quantitative estimate of drug-likeness (QED) is 0.415. The largest absolute Gasteiger partial charge is 0.270 e. The molecular formula is C13H9N3O2S2. The normalized spacial score (nSPS) is 10.8. The Labute approximate surface area is 122 Å². The van der Waals surface area contributed by atoms with Gasteiger partial charge in [-0.2, -0.15) is 0 Å². The van der Waals surface area contributed by atoms with Crippen LogP contribution in [0.3, 0.4) is 0 Å². The average molecular weight is 303 g/mol. The first-order valence-corrected chi connectivity index (χ1v) is 7.60. The van der Waals surface area contributed by atoms with Crippen LogP contribution in [0.4, 0.5) is 5.69 Å². The molecule has 0 N–H and O–H groups in total.